The van der Waals surface area contributed by atoms with Crippen LogP contribution in [0.15, 0.2) is 30.3 Å². The molecule has 1 aromatic carbocycles. The van der Waals surface area contributed by atoms with Gasteiger partial charge in [0, 0.05) is 19.4 Å². The van der Waals surface area contributed by atoms with Gasteiger partial charge in [-0.2, -0.15) is 4.68 Å². The second-order valence-corrected chi connectivity index (χ2v) is 7.15. The normalized spacial score (nSPS) is 19.8. The van der Waals surface area contributed by atoms with Crippen LogP contribution in [-0.4, -0.2) is 54.8 Å². The van der Waals surface area contributed by atoms with Crippen LogP contribution in [0.4, 0.5) is 0 Å². The first-order valence-electron chi connectivity index (χ1n) is 10.0. The highest BCUT2D eigenvalue weighted by Crippen LogP contribution is 2.24. The Morgan fingerprint density at radius 1 is 1.22 bits per heavy atom. The quantitative estimate of drug-likeness (QED) is 0.721. The summed E-state index contributed by atoms with van der Waals surface area (Å²) in [4.78, 5) is 14.5. The number of aliphatic hydroxyl groups is 1. The molecule has 0 spiro atoms. The molecule has 1 saturated carbocycles. The standard InChI is InChI=1S/C20H29N5O2/c1-2-24(17-12-6-7-13-18(17)26)20(27)15-9-8-14-19-21-22-23-25(19)16-10-4-3-5-11-16/h3-5,10-11,17-18,26H,2,6-9,12-15H2,1H3. The fourth-order valence-electron chi connectivity index (χ4n) is 3.89. The van der Waals surface area contributed by atoms with Gasteiger partial charge in [0.1, 0.15) is 0 Å². The average molecular weight is 371 g/mol. The SMILES string of the molecule is CCN(C(=O)CCCCc1nnnn1-c1ccccc1)C1CCCCC1O. The Hall–Kier alpha value is -2.28. The number of benzene rings is 1. The lowest BCUT2D eigenvalue weighted by Crippen LogP contribution is -2.48. The van der Waals surface area contributed by atoms with Crippen LogP contribution >= 0.6 is 0 Å². The van der Waals surface area contributed by atoms with E-state index < -0.39 is 0 Å². The van der Waals surface area contributed by atoms with Gasteiger partial charge in [-0.25, -0.2) is 0 Å². The fraction of sp³-hybridized carbons (Fsp3) is 0.600. The molecule has 27 heavy (non-hydrogen) atoms. The van der Waals surface area contributed by atoms with E-state index >= 15 is 0 Å². The van der Waals surface area contributed by atoms with Crippen molar-refractivity contribution < 1.29 is 9.90 Å². The molecule has 7 nitrogen and oxygen atoms in total. The van der Waals surface area contributed by atoms with Gasteiger partial charge in [-0.15, -0.1) is 5.10 Å². The number of para-hydroxylation sites is 1. The van der Waals surface area contributed by atoms with Crippen molar-refractivity contribution in [2.75, 3.05) is 6.54 Å². The van der Waals surface area contributed by atoms with E-state index in [1.54, 1.807) is 4.68 Å². The number of aryl methyl sites for hydroxylation is 1. The first-order valence-corrected chi connectivity index (χ1v) is 10.0. The maximum absolute atomic E-state index is 12.6. The van der Waals surface area contributed by atoms with E-state index in [1.165, 1.54) is 0 Å². The van der Waals surface area contributed by atoms with Crippen molar-refractivity contribution in [2.24, 2.45) is 0 Å². The number of rotatable bonds is 8. The summed E-state index contributed by atoms with van der Waals surface area (Å²) in [5, 5.41) is 22.2. The average Bonchev–Trinajstić information content (AvgIpc) is 3.16. The van der Waals surface area contributed by atoms with Gasteiger partial charge < -0.3 is 10.0 Å². The highest BCUT2D eigenvalue weighted by Gasteiger charge is 2.30. The predicted octanol–water partition coefficient (Wildman–Crippen LogP) is 2.53. The van der Waals surface area contributed by atoms with Crippen molar-refractivity contribution in [3.05, 3.63) is 36.2 Å². The third kappa shape index (κ3) is 4.91. The van der Waals surface area contributed by atoms with Crippen molar-refractivity contribution in [1.82, 2.24) is 25.1 Å². The Morgan fingerprint density at radius 2 is 2.00 bits per heavy atom. The fourth-order valence-corrected chi connectivity index (χ4v) is 3.89. The van der Waals surface area contributed by atoms with Crippen molar-refractivity contribution in [1.29, 1.82) is 0 Å². The number of unbranched alkanes of at least 4 members (excludes halogenated alkanes) is 1. The summed E-state index contributed by atoms with van der Waals surface area (Å²) in [6, 6.07) is 9.80. The molecular formula is C20H29N5O2. The van der Waals surface area contributed by atoms with Crippen LogP contribution in [0.25, 0.3) is 5.69 Å². The zero-order valence-electron chi connectivity index (χ0n) is 16.0. The number of likely N-dealkylation sites (N-methyl/N-ethyl adjacent to an activating group) is 1. The Balaban J connectivity index is 1.49. The maximum atomic E-state index is 12.6. The second-order valence-electron chi connectivity index (χ2n) is 7.15. The highest BCUT2D eigenvalue weighted by atomic mass is 16.3. The molecule has 1 aromatic heterocycles. The van der Waals surface area contributed by atoms with Crippen molar-refractivity contribution in [2.45, 2.75) is 70.4 Å². The molecule has 1 aliphatic rings. The summed E-state index contributed by atoms with van der Waals surface area (Å²) in [5.41, 5.74) is 0.942. The van der Waals surface area contributed by atoms with Crippen LogP contribution in [-0.2, 0) is 11.2 Å². The number of amides is 1. The smallest absolute Gasteiger partial charge is 0.222 e. The van der Waals surface area contributed by atoms with Crippen molar-refractivity contribution in [3.63, 3.8) is 0 Å². The van der Waals surface area contributed by atoms with E-state index in [0.717, 1.165) is 56.5 Å². The molecule has 1 aliphatic carbocycles. The van der Waals surface area contributed by atoms with E-state index in [1.807, 2.05) is 42.2 Å². The van der Waals surface area contributed by atoms with E-state index in [9.17, 15) is 9.90 Å². The van der Waals surface area contributed by atoms with E-state index in [2.05, 4.69) is 15.5 Å². The van der Waals surface area contributed by atoms with Gasteiger partial charge in [-0.1, -0.05) is 31.0 Å². The zero-order chi connectivity index (χ0) is 19.1. The third-order valence-corrected chi connectivity index (χ3v) is 5.33. The molecule has 146 valence electrons. The van der Waals surface area contributed by atoms with Crippen LogP contribution in [0.1, 0.15) is 57.7 Å². The number of hydrogen-bond donors (Lipinski definition) is 1. The van der Waals surface area contributed by atoms with Gasteiger partial charge in [-0.3, -0.25) is 4.79 Å². The third-order valence-electron chi connectivity index (χ3n) is 5.33. The summed E-state index contributed by atoms with van der Waals surface area (Å²) in [7, 11) is 0. The van der Waals surface area contributed by atoms with Gasteiger partial charge in [0.15, 0.2) is 5.82 Å². The van der Waals surface area contributed by atoms with Crippen LogP contribution in [0.2, 0.25) is 0 Å². The Kier molecular flexibility index (Phi) is 6.92. The van der Waals surface area contributed by atoms with E-state index in [-0.39, 0.29) is 18.1 Å². The number of hydrogen-bond acceptors (Lipinski definition) is 5. The minimum Gasteiger partial charge on any atom is -0.391 e. The topological polar surface area (TPSA) is 84.1 Å². The van der Waals surface area contributed by atoms with Gasteiger partial charge in [-0.05, 0) is 55.2 Å². The molecule has 1 fully saturated rings. The van der Waals surface area contributed by atoms with E-state index in [0.29, 0.717) is 13.0 Å². The monoisotopic (exact) mass is 371 g/mol. The number of carbonyl (C=O) groups is 1. The Bertz CT molecular complexity index is 718. The summed E-state index contributed by atoms with van der Waals surface area (Å²) in [6.45, 7) is 2.65. The lowest BCUT2D eigenvalue weighted by molar-refractivity contribution is -0.137. The lowest BCUT2D eigenvalue weighted by atomic mass is 9.91. The van der Waals surface area contributed by atoms with Crippen LogP contribution < -0.4 is 0 Å². The predicted molar refractivity (Wildman–Crippen MR) is 102 cm³/mol. The molecule has 1 amide bonds. The molecule has 0 bridgehead atoms. The zero-order valence-corrected chi connectivity index (χ0v) is 16.0. The summed E-state index contributed by atoms with van der Waals surface area (Å²) >= 11 is 0. The number of aliphatic hydroxyl groups excluding tert-OH is 1. The second kappa shape index (κ2) is 9.60. The van der Waals surface area contributed by atoms with Crippen LogP contribution in [0.5, 0.6) is 0 Å². The molecule has 2 aromatic rings. The highest BCUT2D eigenvalue weighted by molar-refractivity contribution is 5.76. The van der Waals surface area contributed by atoms with Gasteiger partial charge in [0.05, 0.1) is 17.8 Å². The Morgan fingerprint density at radius 3 is 2.74 bits per heavy atom. The molecule has 3 rings (SSSR count). The number of nitrogens with zero attached hydrogens (tertiary/aromatic N) is 5. The Labute approximate surface area is 160 Å². The van der Waals surface area contributed by atoms with Gasteiger partial charge in [0.25, 0.3) is 0 Å². The largest absolute Gasteiger partial charge is 0.391 e. The lowest BCUT2D eigenvalue weighted by Gasteiger charge is -2.37. The molecule has 7 heteroatoms. The van der Waals surface area contributed by atoms with Crippen LogP contribution in [0, 0.1) is 0 Å². The number of tetrazole rings is 1. The maximum Gasteiger partial charge on any atom is 0.222 e. The summed E-state index contributed by atoms with van der Waals surface area (Å²) in [5.74, 6) is 0.954. The first-order chi connectivity index (χ1) is 13.2. The first kappa shape index (κ1) is 19.5. The molecule has 0 aliphatic heterocycles. The van der Waals surface area contributed by atoms with Crippen LogP contribution in [0.3, 0.4) is 0 Å². The van der Waals surface area contributed by atoms with Gasteiger partial charge in [0.2, 0.25) is 5.91 Å². The molecule has 1 N–H and O–H groups in total. The van der Waals surface area contributed by atoms with Crippen molar-refractivity contribution >= 4 is 5.91 Å². The van der Waals surface area contributed by atoms with Gasteiger partial charge >= 0.3 is 0 Å². The van der Waals surface area contributed by atoms with Crippen molar-refractivity contribution in [3.8, 4) is 5.69 Å². The molecule has 1 heterocycles. The molecule has 2 atom stereocenters. The van der Waals surface area contributed by atoms with E-state index in [4.69, 9.17) is 0 Å². The summed E-state index contributed by atoms with van der Waals surface area (Å²) < 4.78 is 1.75. The molecule has 0 radical (unpaired) electrons. The summed E-state index contributed by atoms with van der Waals surface area (Å²) in [6.07, 6.45) is 6.36. The number of aromatic nitrogens is 4. The molecule has 2 unspecified atom stereocenters. The molecular weight excluding hydrogens is 342 g/mol. The number of carbonyl (C=O) groups excluding carboxylic acids is 1. The minimum atomic E-state index is -0.377. The minimum absolute atomic E-state index is 0.0124. The molecule has 0 saturated heterocycles.